The van der Waals surface area contributed by atoms with Gasteiger partial charge in [0.2, 0.25) is 0 Å². The number of carbonyl (C=O) groups is 2. The molecule has 7 heteroatoms. The minimum Gasteiger partial charge on any atom is -0.497 e. The molecule has 0 bridgehead atoms. The Labute approximate surface area is 152 Å². The van der Waals surface area contributed by atoms with Crippen LogP contribution in [0.25, 0.3) is 0 Å². The monoisotopic (exact) mass is 357 g/mol. The van der Waals surface area contributed by atoms with E-state index >= 15 is 0 Å². The topological polar surface area (TPSA) is 88.7 Å². The van der Waals surface area contributed by atoms with Crippen molar-refractivity contribution >= 4 is 17.6 Å². The van der Waals surface area contributed by atoms with Gasteiger partial charge in [0.25, 0.3) is 5.91 Å². The van der Waals surface area contributed by atoms with E-state index in [0.717, 1.165) is 11.1 Å². The quantitative estimate of drug-likeness (QED) is 0.742. The smallest absolute Gasteiger partial charge is 0.319 e. The summed E-state index contributed by atoms with van der Waals surface area (Å²) in [5, 5.41) is 8.13. The van der Waals surface area contributed by atoms with Crippen molar-refractivity contribution in [3.8, 4) is 11.5 Å². The fourth-order valence-corrected chi connectivity index (χ4v) is 2.41. The van der Waals surface area contributed by atoms with Gasteiger partial charge in [-0.3, -0.25) is 4.79 Å². The lowest BCUT2D eigenvalue weighted by Crippen LogP contribution is -2.28. The third-order valence-corrected chi connectivity index (χ3v) is 3.83. The second-order valence-electron chi connectivity index (χ2n) is 5.64. The molecule has 0 aliphatic rings. The van der Waals surface area contributed by atoms with Crippen LogP contribution in [0.5, 0.6) is 11.5 Å². The van der Waals surface area contributed by atoms with E-state index in [-0.39, 0.29) is 11.9 Å². The van der Waals surface area contributed by atoms with Gasteiger partial charge in [0, 0.05) is 30.9 Å². The zero-order chi connectivity index (χ0) is 19.1. The van der Waals surface area contributed by atoms with Crippen molar-refractivity contribution in [2.24, 2.45) is 0 Å². The summed E-state index contributed by atoms with van der Waals surface area (Å²) in [6, 6.07) is 10.2. The number of urea groups is 1. The second-order valence-corrected chi connectivity index (χ2v) is 5.64. The number of hydrogen-bond donors (Lipinski definition) is 3. The number of ether oxygens (including phenoxy) is 2. The van der Waals surface area contributed by atoms with Crippen LogP contribution in [0.4, 0.5) is 10.5 Å². The molecular weight excluding hydrogens is 334 g/mol. The van der Waals surface area contributed by atoms with Crippen molar-refractivity contribution in [1.29, 1.82) is 0 Å². The van der Waals surface area contributed by atoms with Crippen molar-refractivity contribution in [1.82, 2.24) is 10.6 Å². The lowest BCUT2D eigenvalue weighted by molar-refractivity contribution is 0.0963. The summed E-state index contributed by atoms with van der Waals surface area (Å²) in [5.41, 5.74) is 2.82. The molecule has 0 heterocycles. The van der Waals surface area contributed by atoms with Gasteiger partial charge in [0.05, 0.1) is 14.2 Å². The Morgan fingerprint density at radius 2 is 1.65 bits per heavy atom. The lowest BCUT2D eigenvalue weighted by atomic mass is 10.1. The molecule has 0 saturated carbocycles. The van der Waals surface area contributed by atoms with E-state index < -0.39 is 0 Å². The van der Waals surface area contributed by atoms with Gasteiger partial charge in [0.15, 0.2) is 0 Å². The molecule has 0 aliphatic heterocycles. The van der Waals surface area contributed by atoms with Crippen LogP contribution in [-0.2, 0) is 6.54 Å². The summed E-state index contributed by atoms with van der Waals surface area (Å²) in [5.74, 6) is 1.14. The maximum absolute atomic E-state index is 12.2. The second kappa shape index (κ2) is 8.75. The third-order valence-electron chi connectivity index (χ3n) is 3.83. The van der Waals surface area contributed by atoms with Gasteiger partial charge in [-0.1, -0.05) is 0 Å². The van der Waals surface area contributed by atoms with Gasteiger partial charge in [-0.25, -0.2) is 4.79 Å². The number of rotatable bonds is 6. The van der Waals surface area contributed by atoms with Gasteiger partial charge in [-0.15, -0.1) is 0 Å². The van der Waals surface area contributed by atoms with Gasteiger partial charge in [-0.05, 0) is 48.4 Å². The molecule has 3 amide bonds. The average molecular weight is 357 g/mol. The zero-order valence-corrected chi connectivity index (χ0v) is 15.3. The van der Waals surface area contributed by atoms with Crippen LogP contribution >= 0.6 is 0 Å². The highest BCUT2D eigenvalue weighted by Crippen LogP contribution is 2.22. The Kier molecular flexibility index (Phi) is 6.43. The standard InChI is InChI=1S/C19H23N3O4/c1-12-7-14(18(23)20-2)5-6-17(12)22-19(24)21-11-13-8-15(25-3)10-16(9-13)26-4/h5-10H,11H2,1-4H3,(H,20,23)(H2,21,22,24). The van der Waals surface area contributed by atoms with Gasteiger partial charge in [-0.2, -0.15) is 0 Å². The fraction of sp³-hybridized carbons (Fsp3) is 0.263. The molecule has 0 saturated heterocycles. The summed E-state index contributed by atoms with van der Waals surface area (Å²) < 4.78 is 10.4. The largest absolute Gasteiger partial charge is 0.497 e. The van der Waals surface area contributed by atoms with E-state index in [1.165, 1.54) is 0 Å². The molecular formula is C19H23N3O4. The van der Waals surface area contributed by atoms with Crippen molar-refractivity contribution in [2.75, 3.05) is 26.6 Å². The Balaban J connectivity index is 2.00. The molecule has 7 nitrogen and oxygen atoms in total. The minimum absolute atomic E-state index is 0.170. The SMILES string of the molecule is CNC(=O)c1ccc(NC(=O)NCc2cc(OC)cc(OC)c2)c(C)c1. The van der Waals surface area contributed by atoms with Gasteiger partial charge >= 0.3 is 6.03 Å². The Bertz CT molecular complexity index is 783. The van der Waals surface area contributed by atoms with Crippen molar-refractivity contribution in [3.05, 3.63) is 53.1 Å². The van der Waals surface area contributed by atoms with Crippen LogP contribution in [0.3, 0.4) is 0 Å². The maximum atomic E-state index is 12.2. The van der Waals surface area contributed by atoms with E-state index in [1.807, 2.05) is 19.1 Å². The van der Waals surface area contributed by atoms with Crippen molar-refractivity contribution in [2.45, 2.75) is 13.5 Å². The number of hydrogen-bond acceptors (Lipinski definition) is 4. The predicted molar refractivity (Wildman–Crippen MR) is 100.0 cm³/mol. The van der Waals surface area contributed by atoms with Crippen LogP contribution in [-0.4, -0.2) is 33.2 Å². The molecule has 3 N–H and O–H groups in total. The van der Waals surface area contributed by atoms with E-state index in [4.69, 9.17) is 9.47 Å². The predicted octanol–water partition coefficient (Wildman–Crippen LogP) is 2.69. The molecule has 0 fully saturated rings. The summed E-state index contributed by atoms with van der Waals surface area (Å²) in [6.45, 7) is 2.14. The molecule has 0 radical (unpaired) electrons. The summed E-state index contributed by atoms with van der Waals surface area (Å²) >= 11 is 0. The Morgan fingerprint density at radius 3 is 2.19 bits per heavy atom. The molecule has 0 aliphatic carbocycles. The van der Waals surface area contributed by atoms with Crippen LogP contribution < -0.4 is 25.4 Å². The summed E-state index contributed by atoms with van der Waals surface area (Å²) in [6.07, 6.45) is 0. The van der Waals surface area contributed by atoms with Gasteiger partial charge < -0.3 is 25.4 Å². The number of carbonyl (C=O) groups excluding carboxylic acids is 2. The Hall–Kier alpha value is -3.22. The minimum atomic E-state index is -0.345. The van der Waals surface area contributed by atoms with E-state index in [1.54, 1.807) is 45.5 Å². The number of anilines is 1. The summed E-state index contributed by atoms with van der Waals surface area (Å²) in [7, 11) is 4.72. The molecule has 0 spiro atoms. The van der Waals surface area contributed by atoms with E-state index in [0.29, 0.717) is 29.3 Å². The zero-order valence-electron chi connectivity index (χ0n) is 15.3. The number of aryl methyl sites for hydroxylation is 1. The number of benzene rings is 2. The van der Waals surface area contributed by atoms with Gasteiger partial charge in [0.1, 0.15) is 11.5 Å². The molecule has 0 aromatic heterocycles. The number of amides is 3. The van der Waals surface area contributed by atoms with Crippen molar-refractivity contribution in [3.63, 3.8) is 0 Å². The molecule has 26 heavy (non-hydrogen) atoms. The molecule has 2 aromatic carbocycles. The normalized spacial score (nSPS) is 10.0. The highest BCUT2D eigenvalue weighted by atomic mass is 16.5. The molecule has 2 rings (SSSR count). The first-order valence-corrected chi connectivity index (χ1v) is 8.06. The highest BCUT2D eigenvalue weighted by molar-refractivity contribution is 5.96. The van der Waals surface area contributed by atoms with Crippen LogP contribution in [0, 0.1) is 6.92 Å². The number of nitrogens with one attached hydrogen (secondary N) is 3. The fourth-order valence-electron chi connectivity index (χ4n) is 2.41. The van der Waals surface area contributed by atoms with E-state index in [2.05, 4.69) is 16.0 Å². The first kappa shape index (κ1) is 19.1. The molecule has 138 valence electrons. The third kappa shape index (κ3) is 4.89. The molecule has 0 unspecified atom stereocenters. The summed E-state index contributed by atoms with van der Waals surface area (Å²) in [4.78, 5) is 23.8. The molecule has 2 aromatic rings. The van der Waals surface area contributed by atoms with Crippen LogP contribution in [0.2, 0.25) is 0 Å². The highest BCUT2D eigenvalue weighted by Gasteiger charge is 2.09. The maximum Gasteiger partial charge on any atom is 0.319 e. The lowest BCUT2D eigenvalue weighted by Gasteiger charge is -2.12. The van der Waals surface area contributed by atoms with E-state index in [9.17, 15) is 9.59 Å². The average Bonchev–Trinajstić information content (AvgIpc) is 2.66. The van der Waals surface area contributed by atoms with Crippen LogP contribution in [0.1, 0.15) is 21.5 Å². The van der Waals surface area contributed by atoms with Crippen LogP contribution in [0.15, 0.2) is 36.4 Å². The Morgan fingerprint density at radius 1 is 1.00 bits per heavy atom. The first-order valence-electron chi connectivity index (χ1n) is 8.06. The van der Waals surface area contributed by atoms with Crippen molar-refractivity contribution < 1.29 is 19.1 Å². The number of methoxy groups -OCH3 is 2. The first-order chi connectivity index (χ1) is 12.5. The molecule has 0 atom stereocenters.